The molecule has 3 rings (SSSR count). The molecule has 0 amide bonds. The van der Waals surface area contributed by atoms with Gasteiger partial charge in [-0.3, -0.25) is 0 Å². The van der Waals surface area contributed by atoms with Crippen molar-refractivity contribution in [3.05, 3.63) is 34.0 Å². The minimum Gasteiger partial charge on any atom is -0.197 e. The largest absolute Gasteiger partial charge is 0.197 e. The lowest BCUT2D eigenvalue weighted by Gasteiger charge is -2.07. The standard InChI is InChI=1S/C12H11N3S/c1-7-8(2)12-11(13-15-14-12)5-10(7)9-3-4-16-6-9/h3-6H,1-2H3,(H,13,14,15). The molecule has 0 aliphatic heterocycles. The van der Waals surface area contributed by atoms with Gasteiger partial charge in [0.25, 0.3) is 0 Å². The zero-order valence-electron chi connectivity index (χ0n) is 9.11. The SMILES string of the molecule is Cc1c(-c2ccsc2)cc2n[nH]nc2c1C. The first kappa shape index (κ1) is 9.54. The zero-order chi connectivity index (χ0) is 11.1. The fraction of sp³-hybridized carbons (Fsp3) is 0.167. The van der Waals surface area contributed by atoms with Crippen molar-refractivity contribution in [2.24, 2.45) is 0 Å². The minimum absolute atomic E-state index is 0.935. The predicted molar refractivity (Wildman–Crippen MR) is 66.7 cm³/mol. The maximum absolute atomic E-state index is 4.17. The molecule has 0 aliphatic rings. The fourth-order valence-electron chi connectivity index (χ4n) is 1.96. The minimum atomic E-state index is 0.935. The molecule has 0 aliphatic carbocycles. The Morgan fingerprint density at radius 1 is 1.19 bits per heavy atom. The highest BCUT2D eigenvalue weighted by molar-refractivity contribution is 7.08. The molecule has 2 aromatic heterocycles. The summed E-state index contributed by atoms with van der Waals surface area (Å²) < 4.78 is 0. The molecule has 16 heavy (non-hydrogen) atoms. The monoisotopic (exact) mass is 229 g/mol. The highest BCUT2D eigenvalue weighted by Crippen LogP contribution is 2.31. The van der Waals surface area contributed by atoms with Gasteiger partial charge in [-0.25, -0.2) is 0 Å². The van der Waals surface area contributed by atoms with E-state index in [1.165, 1.54) is 22.3 Å². The molecule has 0 atom stereocenters. The summed E-state index contributed by atoms with van der Waals surface area (Å²) in [5.41, 5.74) is 6.89. The van der Waals surface area contributed by atoms with Crippen LogP contribution in [0.15, 0.2) is 22.9 Å². The predicted octanol–water partition coefficient (Wildman–Crippen LogP) is 3.30. The third-order valence-electron chi connectivity index (χ3n) is 3.01. The first-order valence-corrected chi connectivity index (χ1v) is 6.05. The number of fused-ring (bicyclic) bond motifs is 1. The van der Waals surface area contributed by atoms with Crippen molar-refractivity contribution >= 4 is 22.4 Å². The molecule has 2 heterocycles. The van der Waals surface area contributed by atoms with Crippen molar-refractivity contribution < 1.29 is 0 Å². The van der Waals surface area contributed by atoms with Gasteiger partial charge in [0.2, 0.25) is 0 Å². The van der Waals surface area contributed by atoms with Crippen molar-refractivity contribution in [2.75, 3.05) is 0 Å². The Balaban J connectivity index is 2.37. The molecule has 0 fully saturated rings. The lowest BCUT2D eigenvalue weighted by molar-refractivity contribution is 0.958. The van der Waals surface area contributed by atoms with Crippen molar-refractivity contribution in [2.45, 2.75) is 13.8 Å². The van der Waals surface area contributed by atoms with Crippen molar-refractivity contribution in [1.29, 1.82) is 0 Å². The van der Waals surface area contributed by atoms with Crippen LogP contribution in [0.25, 0.3) is 22.2 Å². The summed E-state index contributed by atoms with van der Waals surface area (Å²) >= 11 is 1.71. The summed E-state index contributed by atoms with van der Waals surface area (Å²) in [6.07, 6.45) is 0. The van der Waals surface area contributed by atoms with Crippen molar-refractivity contribution in [3.8, 4) is 11.1 Å². The van der Waals surface area contributed by atoms with Crippen LogP contribution in [-0.2, 0) is 0 Å². The van der Waals surface area contributed by atoms with E-state index in [2.05, 4.69) is 52.2 Å². The summed E-state index contributed by atoms with van der Waals surface area (Å²) in [5.74, 6) is 0. The average molecular weight is 229 g/mol. The number of H-pyrrole nitrogens is 1. The van der Waals surface area contributed by atoms with Gasteiger partial charge in [0.05, 0.1) is 0 Å². The van der Waals surface area contributed by atoms with Crippen LogP contribution in [0.1, 0.15) is 11.1 Å². The zero-order valence-corrected chi connectivity index (χ0v) is 9.93. The molecule has 80 valence electrons. The summed E-state index contributed by atoms with van der Waals surface area (Å²) in [5, 5.41) is 15.3. The Bertz CT molecular complexity index is 638. The van der Waals surface area contributed by atoms with E-state index in [1.807, 2.05) is 0 Å². The highest BCUT2D eigenvalue weighted by Gasteiger charge is 2.11. The molecule has 0 bridgehead atoms. The van der Waals surface area contributed by atoms with Gasteiger partial charge in [0.15, 0.2) is 0 Å². The Morgan fingerprint density at radius 2 is 2.06 bits per heavy atom. The smallest absolute Gasteiger partial charge is 0.116 e. The van der Waals surface area contributed by atoms with Crippen molar-refractivity contribution in [3.63, 3.8) is 0 Å². The third kappa shape index (κ3) is 1.27. The topological polar surface area (TPSA) is 41.6 Å². The molecule has 0 unspecified atom stereocenters. The van der Waals surface area contributed by atoms with Crippen LogP contribution in [-0.4, -0.2) is 15.4 Å². The lowest BCUT2D eigenvalue weighted by atomic mass is 9.98. The van der Waals surface area contributed by atoms with Gasteiger partial charge in [-0.2, -0.15) is 26.7 Å². The van der Waals surface area contributed by atoms with Crippen LogP contribution in [0, 0.1) is 13.8 Å². The maximum atomic E-state index is 4.17. The van der Waals surface area contributed by atoms with Gasteiger partial charge in [-0.05, 0) is 59.0 Å². The number of nitrogens with zero attached hydrogens (tertiary/aromatic N) is 2. The molecule has 3 aromatic rings. The maximum Gasteiger partial charge on any atom is 0.116 e. The molecule has 0 saturated heterocycles. The highest BCUT2D eigenvalue weighted by atomic mass is 32.1. The molecule has 1 aromatic carbocycles. The van der Waals surface area contributed by atoms with E-state index in [4.69, 9.17) is 0 Å². The second-order valence-corrected chi connectivity index (χ2v) is 4.66. The van der Waals surface area contributed by atoms with Gasteiger partial charge in [0, 0.05) is 0 Å². The van der Waals surface area contributed by atoms with Gasteiger partial charge in [-0.15, -0.1) is 0 Å². The molecule has 1 N–H and O–H groups in total. The van der Waals surface area contributed by atoms with Crippen LogP contribution in [0.2, 0.25) is 0 Å². The number of aromatic nitrogens is 3. The second kappa shape index (κ2) is 3.42. The van der Waals surface area contributed by atoms with E-state index in [0.29, 0.717) is 0 Å². The van der Waals surface area contributed by atoms with Crippen LogP contribution in [0.3, 0.4) is 0 Å². The van der Waals surface area contributed by atoms with Crippen LogP contribution in [0.4, 0.5) is 0 Å². The molecule has 0 spiro atoms. The summed E-state index contributed by atoms with van der Waals surface area (Å²) in [4.78, 5) is 0. The summed E-state index contributed by atoms with van der Waals surface area (Å²) in [7, 11) is 0. The van der Waals surface area contributed by atoms with Crippen LogP contribution >= 0.6 is 11.3 Å². The van der Waals surface area contributed by atoms with Gasteiger partial charge in [-0.1, -0.05) is 0 Å². The average Bonchev–Trinajstić information content (AvgIpc) is 2.92. The van der Waals surface area contributed by atoms with Gasteiger partial charge < -0.3 is 0 Å². The first-order valence-electron chi connectivity index (χ1n) is 5.10. The number of rotatable bonds is 1. The molecule has 4 heteroatoms. The quantitative estimate of drug-likeness (QED) is 0.695. The number of thiophene rings is 1. The number of aryl methyl sites for hydroxylation is 1. The van der Waals surface area contributed by atoms with Crippen LogP contribution in [0.5, 0.6) is 0 Å². The molecular formula is C12H11N3S. The molecular weight excluding hydrogens is 218 g/mol. The fourth-order valence-corrected chi connectivity index (χ4v) is 2.61. The van der Waals surface area contributed by atoms with Crippen molar-refractivity contribution in [1.82, 2.24) is 15.4 Å². The second-order valence-electron chi connectivity index (χ2n) is 3.88. The number of nitrogens with one attached hydrogen (secondary N) is 1. The molecule has 0 radical (unpaired) electrons. The summed E-state index contributed by atoms with van der Waals surface area (Å²) in [6, 6.07) is 4.24. The van der Waals surface area contributed by atoms with E-state index in [0.717, 1.165) is 11.0 Å². The van der Waals surface area contributed by atoms with E-state index >= 15 is 0 Å². The first-order chi connectivity index (χ1) is 7.77. The number of hydrogen-bond donors (Lipinski definition) is 1. The summed E-state index contributed by atoms with van der Waals surface area (Å²) in [6.45, 7) is 4.23. The Hall–Kier alpha value is -1.68. The van der Waals surface area contributed by atoms with Crippen LogP contribution < -0.4 is 0 Å². The Kier molecular flexibility index (Phi) is 2.04. The lowest BCUT2D eigenvalue weighted by Crippen LogP contribution is -1.88. The third-order valence-corrected chi connectivity index (χ3v) is 3.69. The number of hydrogen-bond acceptors (Lipinski definition) is 3. The molecule has 3 nitrogen and oxygen atoms in total. The number of benzene rings is 1. The van der Waals surface area contributed by atoms with E-state index in [1.54, 1.807) is 11.3 Å². The Morgan fingerprint density at radius 3 is 2.81 bits per heavy atom. The number of aromatic amines is 1. The van der Waals surface area contributed by atoms with E-state index in [9.17, 15) is 0 Å². The van der Waals surface area contributed by atoms with E-state index in [-0.39, 0.29) is 0 Å². The Labute approximate surface area is 97.1 Å². The van der Waals surface area contributed by atoms with E-state index < -0.39 is 0 Å². The van der Waals surface area contributed by atoms with Gasteiger partial charge >= 0.3 is 0 Å². The normalized spacial score (nSPS) is 11.1. The molecule has 0 saturated carbocycles. The van der Waals surface area contributed by atoms with Gasteiger partial charge in [0.1, 0.15) is 11.0 Å².